The molecule has 1 heterocycles. The Morgan fingerprint density at radius 1 is 1.10 bits per heavy atom. The van der Waals surface area contributed by atoms with E-state index >= 15 is 0 Å². The van der Waals surface area contributed by atoms with Crippen molar-refractivity contribution >= 4 is 23.1 Å². The van der Waals surface area contributed by atoms with Crippen molar-refractivity contribution in [2.24, 2.45) is 5.41 Å². The molecule has 0 saturated carbocycles. The van der Waals surface area contributed by atoms with Crippen LogP contribution in [0, 0.1) is 12.3 Å². The molecule has 0 N–H and O–H groups in total. The van der Waals surface area contributed by atoms with Gasteiger partial charge in [-0.25, -0.2) is 0 Å². The highest BCUT2D eigenvalue weighted by Crippen LogP contribution is 2.47. The lowest BCUT2D eigenvalue weighted by molar-refractivity contribution is -0.167. The number of methoxy groups -OCH3 is 1. The number of thiophene rings is 1. The summed E-state index contributed by atoms with van der Waals surface area (Å²) in [6.07, 6.45) is 2.63. The van der Waals surface area contributed by atoms with Crippen molar-refractivity contribution in [2.45, 2.75) is 67.1 Å². The van der Waals surface area contributed by atoms with E-state index in [-0.39, 0.29) is 5.78 Å². The molecule has 1 aromatic rings. The number of aryl methyl sites for hydroxylation is 1. The zero-order valence-corrected chi connectivity index (χ0v) is 19.7. The van der Waals surface area contributed by atoms with Crippen LogP contribution < -0.4 is 0 Å². The standard InChI is InChI=1S/C24H32O4S/c1-14-12-20(29-13-14)19(25)10-11-24(22(26)28-23(6,7)8)18(5)16(3)15(2)17(4)21(24)27-9/h10-13,21H,1-9H3. The van der Waals surface area contributed by atoms with E-state index in [1.54, 1.807) is 13.2 Å². The van der Waals surface area contributed by atoms with Crippen LogP contribution >= 0.6 is 11.3 Å². The Morgan fingerprint density at radius 3 is 2.21 bits per heavy atom. The Morgan fingerprint density at radius 2 is 1.72 bits per heavy atom. The molecule has 158 valence electrons. The van der Waals surface area contributed by atoms with Gasteiger partial charge in [-0.15, -0.1) is 11.3 Å². The number of ketones is 1. The largest absolute Gasteiger partial charge is 0.459 e. The molecule has 2 atom stereocenters. The third-order valence-electron chi connectivity index (χ3n) is 5.59. The smallest absolute Gasteiger partial charge is 0.323 e. The Balaban J connectivity index is 2.65. The maximum Gasteiger partial charge on any atom is 0.323 e. The van der Waals surface area contributed by atoms with Crippen molar-refractivity contribution < 1.29 is 19.1 Å². The first-order chi connectivity index (χ1) is 13.3. The van der Waals surface area contributed by atoms with Crippen LogP contribution in [0.1, 0.15) is 63.7 Å². The van der Waals surface area contributed by atoms with Crippen LogP contribution in [0.2, 0.25) is 0 Å². The maximum atomic E-state index is 13.5. The van der Waals surface area contributed by atoms with E-state index in [0.717, 1.165) is 27.9 Å². The summed E-state index contributed by atoms with van der Waals surface area (Å²) < 4.78 is 11.7. The second-order valence-corrected chi connectivity index (χ2v) is 9.64. The fourth-order valence-corrected chi connectivity index (χ4v) is 4.56. The van der Waals surface area contributed by atoms with E-state index in [1.807, 2.05) is 66.8 Å². The molecule has 0 fully saturated rings. The van der Waals surface area contributed by atoms with Gasteiger partial charge < -0.3 is 9.47 Å². The summed E-state index contributed by atoms with van der Waals surface area (Å²) >= 11 is 1.40. The molecule has 1 aliphatic rings. The van der Waals surface area contributed by atoms with Crippen LogP contribution in [0.5, 0.6) is 0 Å². The van der Waals surface area contributed by atoms with E-state index < -0.39 is 23.1 Å². The Bertz CT molecular complexity index is 908. The molecule has 0 aliphatic heterocycles. The molecule has 0 amide bonds. The topological polar surface area (TPSA) is 52.6 Å². The molecule has 0 spiro atoms. The normalized spacial score (nSPS) is 23.1. The minimum atomic E-state index is -1.20. The average Bonchev–Trinajstić information content (AvgIpc) is 3.06. The molecule has 0 saturated heterocycles. The van der Waals surface area contributed by atoms with Crippen LogP contribution in [0.3, 0.4) is 0 Å². The minimum absolute atomic E-state index is 0.129. The summed E-state index contributed by atoms with van der Waals surface area (Å²) in [6.45, 7) is 15.4. The molecule has 29 heavy (non-hydrogen) atoms. The maximum absolute atomic E-state index is 13.5. The molecule has 1 aromatic heterocycles. The summed E-state index contributed by atoms with van der Waals surface area (Å²) in [6, 6.07) is 1.86. The molecule has 4 nitrogen and oxygen atoms in total. The van der Waals surface area contributed by atoms with Gasteiger partial charge >= 0.3 is 5.97 Å². The highest BCUT2D eigenvalue weighted by atomic mass is 32.1. The van der Waals surface area contributed by atoms with Crippen molar-refractivity contribution in [3.63, 3.8) is 0 Å². The van der Waals surface area contributed by atoms with Gasteiger partial charge in [0.2, 0.25) is 0 Å². The molecule has 0 radical (unpaired) electrons. The van der Waals surface area contributed by atoms with Crippen LogP contribution in [0.4, 0.5) is 0 Å². The first-order valence-corrected chi connectivity index (χ1v) is 10.6. The number of hydrogen-bond acceptors (Lipinski definition) is 5. The van der Waals surface area contributed by atoms with Gasteiger partial charge in [-0.3, -0.25) is 9.59 Å². The molecule has 5 heteroatoms. The van der Waals surface area contributed by atoms with Crippen LogP contribution in [0.15, 0.2) is 45.9 Å². The number of rotatable bonds is 5. The molecular formula is C24H32O4S. The molecule has 2 unspecified atom stereocenters. The van der Waals surface area contributed by atoms with Crippen LogP contribution in [0.25, 0.3) is 0 Å². The van der Waals surface area contributed by atoms with Gasteiger partial charge in [0.05, 0.1) is 4.88 Å². The van der Waals surface area contributed by atoms with Crippen molar-refractivity contribution in [1.29, 1.82) is 0 Å². The van der Waals surface area contributed by atoms with Gasteiger partial charge in [0.15, 0.2) is 5.78 Å². The third kappa shape index (κ3) is 4.46. The van der Waals surface area contributed by atoms with Crippen molar-refractivity contribution in [3.8, 4) is 0 Å². The van der Waals surface area contributed by atoms with Gasteiger partial charge in [-0.05, 0) is 101 Å². The highest BCUT2D eigenvalue weighted by Gasteiger charge is 2.52. The molecule has 1 aliphatic carbocycles. The fourth-order valence-electron chi connectivity index (χ4n) is 3.74. The summed E-state index contributed by atoms with van der Waals surface area (Å²) in [4.78, 5) is 27.0. The Hall–Kier alpha value is -1.98. The van der Waals surface area contributed by atoms with Gasteiger partial charge in [0, 0.05) is 7.11 Å². The van der Waals surface area contributed by atoms with E-state index in [4.69, 9.17) is 9.47 Å². The van der Waals surface area contributed by atoms with E-state index in [2.05, 4.69) is 0 Å². The Kier molecular flexibility index (Phi) is 6.75. The number of hydrogen-bond donors (Lipinski definition) is 0. The van der Waals surface area contributed by atoms with Crippen molar-refractivity contribution in [3.05, 3.63) is 56.3 Å². The van der Waals surface area contributed by atoms with Crippen molar-refractivity contribution in [2.75, 3.05) is 7.11 Å². The SMILES string of the molecule is COC1C(C)=C(C)C(C)=C(C)C1(C=CC(=O)c1cc(C)cs1)C(=O)OC(C)(C)C. The summed E-state index contributed by atoms with van der Waals surface area (Å²) in [5.41, 5.74) is 3.11. The zero-order chi connectivity index (χ0) is 22.1. The van der Waals surface area contributed by atoms with Gasteiger partial charge in [-0.2, -0.15) is 0 Å². The van der Waals surface area contributed by atoms with Gasteiger partial charge in [0.1, 0.15) is 17.1 Å². The van der Waals surface area contributed by atoms with E-state index in [1.165, 1.54) is 17.4 Å². The number of carbonyl (C=O) groups excluding carboxylic acids is 2. The van der Waals surface area contributed by atoms with Gasteiger partial charge in [-0.1, -0.05) is 6.08 Å². The monoisotopic (exact) mass is 416 g/mol. The molecule has 0 aromatic carbocycles. The first-order valence-electron chi connectivity index (χ1n) is 9.75. The predicted molar refractivity (Wildman–Crippen MR) is 118 cm³/mol. The minimum Gasteiger partial charge on any atom is -0.459 e. The third-order valence-corrected chi connectivity index (χ3v) is 6.65. The van der Waals surface area contributed by atoms with E-state index in [9.17, 15) is 9.59 Å². The lowest BCUT2D eigenvalue weighted by Gasteiger charge is -2.43. The summed E-state index contributed by atoms with van der Waals surface area (Å²) in [7, 11) is 1.59. The average molecular weight is 417 g/mol. The number of allylic oxidation sites excluding steroid dienone is 3. The zero-order valence-electron chi connectivity index (χ0n) is 18.9. The fraction of sp³-hybridized carbons (Fsp3) is 0.500. The van der Waals surface area contributed by atoms with Crippen LogP contribution in [-0.2, 0) is 14.3 Å². The van der Waals surface area contributed by atoms with E-state index in [0.29, 0.717) is 4.88 Å². The summed E-state index contributed by atoms with van der Waals surface area (Å²) in [5.74, 6) is -0.540. The van der Waals surface area contributed by atoms with Gasteiger partial charge in [0.25, 0.3) is 0 Å². The molecule has 0 bridgehead atoms. The lowest BCUT2D eigenvalue weighted by Crippen LogP contribution is -2.49. The molecular weight excluding hydrogens is 384 g/mol. The number of ether oxygens (including phenoxy) is 2. The molecule has 2 rings (SSSR count). The quantitative estimate of drug-likeness (QED) is 0.344. The number of carbonyl (C=O) groups is 2. The lowest BCUT2D eigenvalue weighted by atomic mass is 9.66. The second kappa shape index (κ2) is 8.41. The predicted octanol–water partition coefficient (Wildman–Crippen LogP) is 5.82. The summed E-state index contributed by atoms with van der Waals surface area (Å²) in [5, 5.41) is 1.94. The first kappa shape index (κ1) is 23.3. The van der Waals surface area contributed by atoms with Crippen LogP contribution in [-0.4, -0.2) is 30.6 Å². The second-order valence-electron chi connectivity index (χ2n) is 8.73. The van der Waals surface area contributed by atoms with Crippen molar-refractivity contribution in [1.82, 2.24) is 0 Å². The number of esters is 1. The Labute approximate surface area is 178 Å². The highest BCUT2D eigenvalue weighted by molar-refractivity contribution is 7.12.